The van der Waals surface area contributed by atoms with Crippen LogP contribution in [0.25, 0.3) is 0 Å². The van der Waals surface area contributed by atoms with Crippen molar-refractivity contribution < 1.29 is 9.50 Å². The van der Waals surface area contributed by atoms with Crippen LogP contribution in [-0.2, 0) is 0 Å². The molecular formula is C15H13BrClFO. The molecule has 0 fully saturated rings. The Hall–Kier alpha value is -0.900. The van der Waals surface area contributed by atoms with Crippen molar-refractivity contribution in [1.82, 2.24) is 0 Å². The smallest absolute Gasteiger partial charge is 0.127 e. The van der Waals surface area contributed by atoms with E-state index in [9.17, 15) is 9.50 Å². The van der Waals surface area contributed by atoms with Gasteiger partial charge in [-0.3, -0.25) is 0 Å². The molecule has 0 spiro atoms. The molecule has 0 heterocycles. The molecule has 19 heavy (non-hydrogen) atoms. The van der Waals surface area contributed by atoms with Gasteiger partial charge < -0.3 is 5.11 Å². The first-order valence-corrected chi connectivity index (χ1v) is 6.97. The molecule has 1 nitrogen and oxygen atoms in total. The third-order valence-electron chi connectivity index (χ3n) is 3.18. The zero-order chi connectivity index (χ0) is 14.2. The van der Waals surface area contributed by atoms with Gasteiger partial charge in [-0.05, 0) is 48.7 Å². The second kappa shape index (κ2) is 5.61. The Labute approximate surface area is 125 Å². The average molecular weight is 344 g/mol. The highest BCUT2D eigenvalue weighted by Gasteiger charge is 2.18. The fraction of sp³-hybridized carbons (Fsp3) is 0.200. The molecule has 0 bridgehead atoms. The fourth-order valence-corrected chi connectivity index (χ4v) is 2.61. The average Bonchev–Trinajstić information content (AvgIpc) is 2.36. The molecule has 0 saturated carbocycles. The molecule has 2 rings (SSSR count). The van der Waals surface area contributed by atoms with E-state index in [1.165, 1.54) is 6.07 Å². The van der Waals surface area contributed by atoms with Gasteiger partial charge in [0.05, 0.1) is 0 Å². The van der Waals surface area contributed by atoms with Gasteiger partial charge in [0.25, 0.3) is 0 Å². The molecule has 0 aromatic heterocycles. The summed E-state index contributed by atoms with van der Waals surface area (Å²) in [5, 5.41) is 10.7. The predicted octanol–water partition coefficient (Wildman–Crippen LogP) is 4.94. The quantitative estimate of drug-likeness (QED) is 0.819. The summed E-state index contributed by atoms with van der Waals surface area (Å²) in [6.07, 6.45) is -0.871. The van der Waals surface area contributed by atoms with Crippen molar-refractivity contribution in [2.75, 3.05) is 0 Å². The van der Waals surface area contributed by atoms with Gasteiger partial charge in [0.1, 0.15) is 11.9 Å². The summed E-state index contributed by atoms with van der Waals surface area (Å²) in [7, 11) is 0. The highest BCUT2D eigenvalue weighted by atomic mass is 79.9. The number of benzene rings is 2. The summed E-state index contributed by atoms with van der Waals surface area (Å²) in [5.41, 5.74) is 2.67. The van der Waals surface area contributed by atoms with Crippen LogP contribution in [-0.4, -0.2) is 5.11 Å². The van der Waals surface area contributed by atoms with E-state index in [0.717, 1.165) is 15.6 Å². The standard InChI is InChI=1S/C15H13BrClFO/c1-8-6-11(13(17)7-14(8)18)15(19)10-4-3-5-12(16)9(10)2/h3-7,15,19H,1-2H3. The zero-order valence-electron chi connectivity index (χ0n) is 10.5. The summed E-state index contributed by atoms with van der Waals surface area (Å²) >= 11 is 9.45. The van der Waals surface area contributed by atoms with Crippen LogP contribution in [0.4, 0.5) is 4.39 Å². The molecule has 2 aromatic rings. The molecule has 0 amide bonds. The van der Waals surface area contributed by atoms with Gasteiger partial charge in [0.2, 0.25) is 0 Å². The van der Waals surface area contributed by atoms with Crippen LogP contribution in [0.3, 0.4) is 0 Å². The molecule has 1 atom stereocenters. The maximum atomic E-state index is 13.4. The van der Waals surface area contributed by atoms with Crippen LogP contribution in [0.1, 0.15) is 28.4 Å². The zero-order valence-corrected chi connectivity index (χ0v) is 12.9. The van der Waals surface area contributed by atoms with E-state index in [1.54, 1.807) is 13.0 Å². The largest absolute Gasteiger partial charge is 0.384 e. The number of hydrogen-bond donors (Lipinski definition) is 1. The Bertz CT molecular complexity index is 628. The van der Waals surface area contributed by atoms with E-state index in [-0.39, 0.29) is 10.8 Å². The number of aryl methyl sites for hydroxylation is 1. The number of hydrogen-bond acceptors (Lipinski definition) is 1. The van der Waals surface area contributed by atoms with Gasteiger partial charge in [0, 0.05) is 15.1 Å². The SMILES string of the molecule is Cc1cc(C(O)c2cccc(Br)c2C)c(Cl)cc1F. The summed E-state index contributed by atoms with van der Waals surface area (Å²) in [4.78, 5) is 0. The Morgan fingerprint density at radius 2 is 1.89 bits per heavy atom. The lowest BCUT2D eigenvalue weighted by molar-refractivity contribution is 0.219. The number of aliphatic hydroxyl groups excluding tert-OH is 1. The van der Waals surface area contributed by atoms with Gasteiger partial charge in [-0.1, -0.05) is 39.7 Å². The van der Waals surface area contributed by atoms with Crippen LogP contribution >= 0.6 is 27.5 Å². The van der Waals surface area contributed by atoms with Crippen LogP contribution in [0.2, 0.25) is 5.02 Å². The summed E-state index contributed by atoms with van der Waals surface area (Å²) < 4.78 is 14.3. The minimum absolute atomic E-state index is 0.231. The van der Waals surface area contributed by atoms with Crippen LogP contribution in [0.5, 0.6) is 0 Å². The van der Waals surface area contributed by atoms with Gasteiger partial charge in [-0.2, -0.15) is 0 Å². The third kappa shape index (κ3) is 2.83. The van der Waals surface area contributed by atoms with Crippen molar-refractivity contribution in [3.05, 3.63) is 67.9 Å². The minimum Gasteiger partial charge on any atom is -0.384 e. The van der Waals surface area contributed by atoms with E-state index in [0.29, 0.717) is 11.1 Å². The number of halogens is 3. The van der Waals surface area contributed by atoms with Crippen molar-refractivity contribution in [1.29, 1.82) is 0 Å². The van der Waals surface area contributed by atoms with E-state index in [1.807, 2.05) is 25.1 Å². The molecule has 0 aliphatic rings. The Balaban J connectivity index is 2.53. The molecule has 0 aliphatic heterocycles. The fourth-order valence-electron chi connectivity index (χ4n) is 1.98. The Morgan fingerprint density at radius 1 is 1.21 bits per heavy atom. The lowest BCUT2D eigenvalue weighted by Crippen LogP contribution is -2.04. The van der Waals surface area contributed by atoms with Gasteiger partial charge in [-0.25, -0.2) is 4.39 Å². The van der Waals surface area contributed by atoms with E-state index in [4.69, 9.17) is 11.6 Å². The first-order valence-electron chi connectivity index (χ1n) is 5.80. The van der Waals surface area contributed by atoms with Crippen molar-refractivity contribution in [2.24, 2.45) is 0 Å². The molecule has 2 aromatic carbocycles. The second-order valence-electron chi connectivity index (χ2n) is 4.48. The predicted molar refractivity (Wildman–Crippen MR) is 79.1 cm³/mol. The molecule has 1 N–H and O–H groups in total. The van der Waals surface area contributed by atoms with Crippen molar-refractivity contribution in [3.63, 3.8) is 0 Å². The maximum Gasteiger partial charge on any atom is 0.127 e. The van der Waals surface area contributed by atoms with Crippen LogP contribution in [0, 0.1) is 19.7 Å². The molecule has 1 unspecified atom stereocenters. The second-order valence-corrected chi connectivity index (χ2v) is 5.74. The molecular weight excluding hydrogens is 331 g/mol. The normalized spacial score (nSPS) is 12.5. The summed E-state index contributed by atoms with van der Waals surface area (Å²) in [5.74, 6) is -0.369. The lowest BCUT2D eigenvalue weighted by atomic mass is 9.96. The van der Waals surface area contributed by atoms with E-state index >= 15 is 0 Å². The molecule has 0 radical (unpaired) electrons. The van der Waals surface area contributed by atoms with Crippen LogP contribution in [0.15, 0.2) is 34.8 Å². The minimum atomic E-state index is -0.871. The molecule has 100 valence electrons. The maximum absolute atomic E-state index is 13.4. The van der Waals surface area contributed by atoms with E-state index in [2.05, 4.69) is 15.9 Å². The highest BCUT2D eigenvalue weighted by molar-refractivity contribution is 9.10. The summed E-state index contributed by atoms with van der Waals surface area (Å²) in [6.45, 7) is 3.56. The number of aliphatic hydroxyl groups is 1. The van der Waals surface area contributed by atoms with Gasteiger partial charge in [-0.15, -0.1) is 0 Å². The first-order chi connectivity index (χ1) is 8.91. The van der Waals surface area contributed by atoms with Gasteiger partial charge in [0.15, 0.2) is 0 Å². The topological polar surface area (TPSA) is 20.2 Å². The van der Waals surface area contributed by atoms with Crippen molar-refractivity contribution in [2.45, 2.75) is 20.0 Å². The Kier molecular flexibility index (Phi) is 4.29. The first kappa shape index (κ1) is 14.5. The monoisotopic (exact) mass is 342 g/mol. The molecule has 0 saturated heterocycles. The van der Waals surface area contributed by atoms with Crippen molar-refractivity contribution in [3.8, 4) is 0 Å². The molecule has 4 heteroatoms. The van der Waals surface area contributed by atoms with Crippen molar-refractivity contribution >= 4 is 27.5 Å². The lowest BCUT2D eigenvalue weighted by Gasteiger charge is -2.17. The molecule has 0 aliphatic carbocycles. The van der Waals surface area contributed by atoms with Crippen LogP contribution < -0.4 is 0 Å². The van der Waals surface area contributed by atoms with Gasteiger partial charge >= 0.3 is 0 Å². The third-order valence-corrected chi connectivity index (χ3v) is 4.36. The Morgan fingerprint density at radius 3 is 2.58 bits per heavy atom. The highest BCUT2D eigenvalue weighted by Crippen LogP contribution is 2.33. The number of rotatable bonds is 2. The van der Waals surface area contributed by atoms with E-state index < -0.39 is 6.10 Å². The summed E-state index contributed by atoms with van der Waals surface area (Å²) in [6, 6.07) is 8.41.